The molecule has 0 aliphatic rings. The van der Waals surface area contributed by atoms with Gasteiger partial charge in [-0.15, -0.1) is 22.7 Å². The molecule has 0 atom stereocenters. The second-order valence-electron chi connectivity index (χ2n) is 10.00. The van der Waals surface area contributed by atoms with Gasteiger partial charge in [-0.3, -0.25) is 4.98 Å². The highest BCUT2D eigenvalue weighted by atomic mass is 32.1. The number of nitrogens with zero attached hydrogens (tertiary/aromatic N) is 1. The van der Waals surface area contributed by atoms with Gasteiger partial charge in [0.2, 0.25) is 0 Å². The fraction of sp³-hybridized carbons (Fsp3) is 0.343. The average molecular weight is 540 g/mol. The zero-order chi connectivity index (χ0) is 26.4. The number of pyridine rings is 1. The summed E-state index contributed by atoms with van der Waals surface area (Å²) in [6, 6.07) is 22.0. The number of hydrogen-bond acceptors (Lipinski definition) is 3. The number of thiophene rings is 2. The third-order valence-electron chi connectivity index (χ3n) is 6.76. The van der Waals surface area contributed by atoms with Crippen LogP contribution in [-0.2, 0) is 12.8 Å². The summed E-state index contributed by atoms with van der Waals surface area (Å²) in [5, 5.41) is 0. The maximum absolute atomic E-state index is 4.67. The van der Waals surface area contributed by atoms with Crippen LogP contribution in [0.3, 0.4) is 0 Å². The molecule has 1 nitrogen and oxygen atoms in total. The Bertz CT molecular complexity index is 1200. The van der Waals surface area contributed by atoms with Crippen molar-refractivity contribution in [1.29, 1.82) is 0 Å². The summed E-state index contributed by atoms with van der Waals surface area (Å²) in [5.74, 6) is 0. The van der Waals surface area contributed by atoms with Gasteiger partial charge in [-0.25, -0.2) is 0 Å². The molecular weight excluding hydrogens is 499 g/mol. The first-order valence-electron chi connectivity index (χ1n) is 14.3. The smallest absolute Gasteiger partial charge is 0.0708 e. The van der Waals surface area contributed by atoms with Gasteiger partial charge in [0.1, 0.15) is 0 Å². The molecule has 198 valence electrons. The van der Waals surface area contributed by atoms with Crippen LogP contribution in [0.1, 0.15) is 95.8 Å². The van der Waals surface area contributed by atoms with Gasteiger partial charge in [0.05, 0.1) is 5.69 Å². The van der Waals surface area contributed by atoms with E-state index in [1.54, 1.807) is 0 Å². The molecule has 38 heavy (non-hydrogen) atoms. The normalized spacial score (nSPS) is 11.7. The summed E-state index contributed by atoms with van der Waals surface area (Å²) < 4.78 is 0. The van der Waals surface area contributed by atoms with E-state index in [1.165, 1.54) is 94.8 Å². The van der Waals surface area contributed by atoms with Gasteiger partial charge in [0.15, 0.2) is 0 Å². The van der Waals surface area contributed by atoms with Crippen LogP contribution in [0.5, 0.6) is 0 Å². The Labute approximate surface area is 238 Å². The predicted molar refractivity (Wildman–Crippen MR) is 172 cm³/mol. The van der Waals surface area contributed by atoms with Crippen LogP contribution in [0.25, 0.3) is 35.6 Å². The Hall–Kier alpha value is -2.75. The van der Waals surface area contributed by atoms with Crippen molar-refractivity contribution in [1.82, 2.24) is 4.98 Å². The van der Waals surface area contributed by atoms with Crippen molar-refractivity contribution in [3.63, 3.8) is 0 Å². The molecule has 3 heterocycles. The van der Waals surface area contributed by atoms with Gasteiger partial charge < -0.3 is 0 Å². The number of unbranched alkanes of at least 4 members (excludes halogenated alkanes) is 6. The molecule has 0 aliphatic heterocycles. The van der Waals surface area contributed by atoms with Gasteiger partial charge >= 0.3 is 0 Å². The first kappa shape index (κ1) is 28.3. The highest BCUT2D eigenvalue weighted by molar-refractivity contribution is 7.13. The first-order valence-corrected chi connectivity index (χ1v) is 16.0. The van der Waals surface area contributed by atoms with Crippen molar-refractivity contribution in [3.8, 4) is 11.3 Å². The van der Waals surface area contributed by atoms with Crippen LogP contribution in [0.4, 0.5) is 0 Å². The second-order valence-corrected chi connectivity index (χ2v) is 12.4. The van der Waals surface area contributed by atoms with Crippen LogP contribution in [0.15, 0.2) is 66.9 Å². The van der Waals surface area contributed by atoms with Crippen molar-refractivity contribution in [2.45, 2.75) is 78.1 Å². The van der Waals surface area contributed by atoms with Gasteiger partial charge in [0.25, 0.3) is 0 Å². The van der Waals surface area contributed by atoms with E-state index in [2.05, 4.69) is 104 Å². The molecule has 0 N–H and O–H groups in total. The van der Waals surface area contributed by atoms with E-state index in [0.717, 1.165) is 11.3 Å². The Kier molecular flexibility index (Phi) is 11.6. The first-order chi connectivity index (χ1) is 18.7. The molecule has 0 aliphatic carbocycles. The van der Waals surface area contributed by atoms with Crippen molar-refractivity contribution in [2.24, 2.45) is 0 Å². The predicted octanol–water partition coefficient (Wildman–Crippen LogP) is 11.5. The lowest BCUT2D eigenvalue weighted by molar-refractivity contribution is 0.670. The lowest BCUT2D eigenvalue weighted by Crippen LogP contribution is -1.85. The molecule has 0 unspecified atom stereocenters. The summed E-state index contributed by atoms with van der Waals surface area (Å²) in [5.41, 5.74) is 4.54. The fourth-order valence-corrected chi connectivity index (χ4v) is 6.47. The van der Waals surface area contributed by atoms with Crippen molar-refractivity contribution < 1.29 is 0 Å². The van der Waals surface area contributed by atoms with E-state index in [-0.39, 0.29) is 0 Å². The molecule has 0 bridgehead atoms. The van der Waals surface area contributed by atoms with Crippen LogP contribution < -0.4 is 0 Å². The molecule has 4 aromatic rings. The van der Waals surface area contributed by atoms with Gasteiger partial charge in [0, 0.05) is 31.3 Å². The molecule has 4 rings (SSSR count). The van der Waals surface area contributed by atoms with Crippen molar-refractivity contribution >= 4 is 47.0 Å². The summed E-state index contributed by atoms with van der Waals surface area (Å²) in [7, 11) is 0. The monoisotopic (exact) mass is 539 g/mol. The van der Waals surface area contributed by atoms with Crippen LogP contribution in [-0.4, -0.2) is 4.98 Å². The van der Waals surface area contributed by atoms with Crippen molar-refractivity contribution in [2.75, 3.05) is 0 Å². The van der Waals surface area contributed by atoms with Crippen molar-refractivity contribution in [3.05, 3.63) is 97.5 Å². The summed E-state index contributed by atoms with van der Waals surface area (Å²) >= 11 is 3.83. The summed E-state index contributed by atoms with van der Waals surface area (Å²) in [4.78, 5) is 10.3. The van der Waals surface area contributed by atoms with E-state index in [1.807, 2.05) is 28.9 Å². The van der Waals surface area contributed by atoms with E-state index in [9.17, 15) is 0 Å². The standard InChI is InChI=1S/C35H41NS2/c1-3-5-7-9-14-31-20-22-33(37-31)18-16-28-12-11-13-30(26-28)35-27-29(24-25-36-35)17-19-34-23-21-32(38-34)15-10-8-6-4-2/h11-13,16-27H,3-10,14-15H2,1-2H3/b18-16+,19-17+. The van der Waals surface area contributed by atoms with Gasteiger partial charge in [-0.05, 0) is 91.4 Å². The molecule has 0 amide bonds. The summed E-state index contributed by atoms with van der Waals surface area (Å²) in [6.07, 6.45) is 23.8. The van der Waals surface area contributed by atoms with Crippen LogP contribution in [0.2, 0.25) is 0 Å². The molecule has 0 fully saturated rings. The number of benzene rings is 1. The molecular formula is C35H41NS2. The number of aromatic nitrogens is 1. The second kappa shape index (κ2) is 15.6. The molecule has 0 radical (unpaired) electrons. The van der Waals surface area contributed by atoms with E-state index < -0.39 is 0 Å². The largest absolute Gasteiger partial charge is 0.256 e. The fourth-order valence-electron chi connectivity index (χ4n) is 4.56. The minimum Gasteiger partial charge on any atom is -0.256 e. The number of hydrogen-bond donors (Lipinski definition) is 0. The Morgan fingerprint density at radius 1 is 0.605 bits per heavy atom. The van der Waals surface area contributed by atoms with E-state index in [0.29, 0.717) is 0 Å². The maximum Gasteiger partial charge on any atom is 0.0708 e. The quantitative estimate of drug-likeness (QED) is 0.137. The lowest BCUT2D eigenvalue weighted by atomic mass is 10.1. The summed E-state index contributed by atoms with van der Waals surface area (Å²) in [6.45, 7) is 4.54. The van der Waals surface area contributed by atoms with Gasteiger partial charge in [-0.1, -0.05) is 82.7 Å². The zero-order valence-corrected chi connectivity index (χ0v) is 24.6. The molecule has 0 spiro atoms. The van der Waals surface area contributed by atoms with Crippen LogP contribution >= 0.6 is 22.7 Å². The minimum absolute atomic E-state index is 1.01. The molecule has 3 heteroatoms. The Morgan fingerprint density at radius 2 is 1.21 bits per heavy atom. The Balaban J connectivity index is 1.36. The molecule has 1 aromatic carbocycles. The van der Waals surface area contributed by atoms with E-state index >= 15 is 0 Å². The number of rotatable bonds is 15. The van der Waals surface area contributed by atoms with Gasteiger partial charge in [-0.2, -0.15) is 0 Å². The lowest BCUT2D eigenvalue weighted by Gasteiger charge is -2.04. The van der Waals surface area contributed by atoms with E-state index in [4.69, 9.17) is 0 Å². The van der Waals surface area contributed by atoms with Crippen LogP contribution in [0, 0.1) is 0 Å². The topological polar surface area (TPSA) is 12.9 Å². The minimum atomic E-state index is 1.01. The highest BCUT2D eigenvalue weighted by Gasteiger charge is 2.03. The molecule has 0 saturated heterocycles. The molecule has 0 saturated carbocycles. The molecule has 3 aromatic heterocycles. The third-order valence-corrected chi connectivity index (χ3v) is 8.99. The SMILES string of the molecule is CCCCCCc1ccc(/C=C/c2cccc(-c3cc(/C=C/c4ccc(CCCCCC)s4)ccn3)c2)s1. The number of aryl methyl sites for hydroxylation is 2. The third kappa shape index (κ3) is 9.22. The Morgan fingerprint density at radius 3 is 1.82 bits per heavy atom. The maximum atomic E-state index is 4.67. The highest BCUT2D eigenvalue weighted by Crippen LogP contribution is 2.25. The average Bonchev–Trinajstić information content (AvgIpc) is 3.61. The zero-order valence-electron chi connectivity index (χ0n) is 23.0.